The highest BCUT2D eigenvalue weighted by molar-refractivity contribution is 5.68. The summed E-state index contributed by atoms with van der Waals surface area (Å²) in [6, 6.07) is 8.51. The third kappa shape index (κ3) is 3.04. The minimum absolute atomic E-state index is 0.249. The molecule has 0 saturated heterocycles. The highest BCUT2D eigenvalue weighted by Gasteiger charge is 2.32. The second kappa shape index (κ2) is 4.91. The summed E-state index contributed by atoms with van der Waals surface area (Å²) < 4.78 is 5.10. The summed E-state index contributed by atoms with van der Waals surface area (Å²) in [6.07, 6.45) is -0.467. The largest absolute Gasteiger partial charge is 0.481 e. The first kappa shape index (κ1) is 11.7. The van der Waals surface area contributed by atoms with Crippen LogP contribution in [0.2, 0.25) is 0 Å². The molecule has 82 valence electrons. The van der Waals surface area contributed by atoms with Gasteiger partial charge in [0.15, 0.2) is 0 Å². The van der Waals surface area contributed by atoms with E-state index in [9.17, 15) is 9.90 Å². The van der Waals surface area contributed by atoms with E-state index in [-0.39, 0.29) is 6.61 Å². The van der Waals surface area contributed by atoms with Crippen LogP contribution >= 0.6 is 0 Å². The van der Waals surface area contributed by atoms with E-state index in [1.807, 2.05) is 0 Å². The molecule has 0 spiro atoms. The van der Waals surface area contributed by atoms with Crippen molar-refractivity contribution >= 4 is 5.97 Å². The van der Waals surface area contributed by atoms with Crippen LogP contribution in [0, 0.1) is 0 Å². The number of carboxylic acids is 1. The molecule has 0 aromatic heterocycles. The molecular formula is C11H14O4. The first-order valence-electron chi connectivity index (χ1n) is 4.72. The van der Waals surface area contributed by atoms with Gasteiger partial charge in [-0.15, -0.1) is 0 Å². The number of carbonyl (C=O) groups is 1. The van der Waals surface area contributed by atoms with Gasteiger partial charge in [-0.2, -0.15) is 0 Å². The Bertz CT molecular complexity index is 323. The van der Waals surface area contributed by atoms with Crippen molar-refractivity contribution < 1.29 is 19.7 Å². The van der Waals surface area contributed by atoms with Crippen LogP contribution in [0.25, 0.3) is 0 Å². The van der Waals surface area contributed by atoms with E-state index in [0.717, 1.165) is 0 Å². The van der Waals surface area contributed by atoms with Crippen LogP contribution in [-0.2, 0) is 15.3 Å². The molecule has 0 fully saturated rings. The molecule has 0 heterocycles. The van der Waals surface area contributed by atoms with Gasteiger partial charge in [0.2, 0.25) is 5.79 Å². The summed E-state index contributed by atoms with van der Waals surface area (Å²) in [4.78, 5) is 10.6. The van der Waals surface area contributed by atoms with E-state index in [2.05, 4.69) is 0 Å². The Labute approximate surface area is 88.1 Å². The van der Waals surface area contributed by atoms with Gasteiger partial charge in [0.1, 0.15) is 6.42 Å². The molecule has 1 aromatic carbocycles. The predicted octanol–water partition coefficient (Wildman–Crippen LogP) is 1.34. The maximum atomic E-state index is 10.6. The Morgan fingerprint density at radius 2 is 2.00 bits per heavy atom. The van der Waals surface area contributed by atoms with Crippen molar-refractivity contribution in [1.29, 1.82) is 0 Å². The van der Waals surface area contributed by atoms with E-state index in [0.29, 0.717) is 5.56 Å². The number of hydrogen-bond donors (Lipinski definition) is 2. The third-order valence-corrected chi connectivity index (χ3v) is 2.00. The Balaban J connectivity index is 2.95. The second-order valence-electron chi connectivity index (χ2n) is 3.15. The lowest BCUT2D eigenvalue weighted by Crippen LogP contribution is -2.32. The zero-order valence-electron chi connectivity index (χ0n) is 8.51. The maximum absolute atomic E-state index is 10.6. The van der Waals surface area contributed by atoms with Crippen molar-refractivity contribution in [1.82, 2.24) is 0 Å². The Morgan fingerprint density at radius 3 is 2.47 bits per heavy atom. The fourth-order valence-electron chi connectivity index (χ4n) is 1.38. The molecule has 1 unspecified atom stereocenters. The summed E-state index contributed by atoms with van der Waals surface area (Å²) in [6.45, 7) is 1.95. The lowest BCUT2D eigenvalue weighted by atomic mass is 10.0. The van der Waals surface area contributed by atoms with Crippen LogP contribution in [0.4, 0.5) is 0 Å². The van der Waals surface area contributed by atoms with Crippen molar-refractivity contribution in [2.45, 2.75) is 19.1 Å². The molecule has 4 nitrogen and oxygen atoms in total. The maximum Gasteiger partial charge on any atom is 0.309 e. The standard InChI is InChI=1S/C11H14O4/c1-2-15-11(14,8-10(12)13)9-6-4-3-5-7-9/h3-7,14H,2,8H2,1H3,(H,12,13). The molecule has 2 N–H and O–H groups in total. The minimum Gasteiger partial charge on any atom is -0.481 e. The second-order valence-corrected chi connectivity index (χ2v) is 3.15. The first-order valence-corrected chi connectivity index (χ1v) is 4.72. The summed E-state index contributed by atoms with van der Waals surface area (Å²) >= 11 is 0. The van der Waals surface area contributed by atoms with E-state index in [4.69, 9.17) is 9.84 Å². The Kier molecular flexibility index (Phi) is 3.82. The number of carboxylic acid groups (broad SMARTS) is 1. The molecule has 1 atom stereocenters. The van der Waals surface area contributed by atoms with E-state index >= 15 is 0 Å². The van der Waals surface area contributed by atoms with Gasteiger partial charge >= 0.3 is 5.97 Å². The third-order valence-electron chi connectivity index (χ3n) is 2.00. The van der Waals surface area contributed by atoms with Gasteiger partial charge in [-0.25, -0.2) is 0 Å². The quantitative estimate of drug-likeness (QED) is 0.720. The fraction of sp³-hybridized carbons (Fsp3) is 0.364. The van der Waals surface area contributed by atoms with Crippen LogP contribution in [0.15, 0.2) is 30.3 Å². The van der Waals surface area contributed by atoms with Crippen molar-refractivity contribution in [2.24, 2.45) is 0 Å². The fourth-order valence-corrected chi connectivity index (χ4v) is 1.38. The molecule has 0 radical (unpaired) electrons. The van der Waals surface area contributed by atoms with Gasteiger partial charge in [-0.3, -0.25) is 4.79 Å². The lowest BCUT2D eigenvalue weighted by molar-refractivity contribution is -0.218. The number of aliphatic carboxylic acids is 1. The van der Waals surface area contributed by atoms with E-state index < -0.39 is 18.2 Å². The number of ether oxygens (including phenoxy) is 1. The predicted molar refractivity (Wildman–Crippen MR) is 54.2 cm³/mol. The van der Waals surface area contributed by atoms with Gasteiger partial charge in [-0.1, -0.05) is 30.3 Å². The molecule has 0 saturated carbocycles. The van der Waals surface area contributed by atoms with E-state index in [1.165, 1.54) is 0 Å². The summed E-state index contributed by atoms with van der Waals surface area (Å²) in [5, 5.41) is 18.7. The molecular weight excluding hydrogens is 196 g/mol. The van der Waals surface area contributed by atoms with Gasteiger partial charge in [0.25, 0.3) is 0 Å². The van der Waals surface area contributed by atoms with Gasteiger partial charge < -0.3 is 14.9 Å². The summed E-state index contributed by atoms with van der Waals surface area (Å²) in [5.41, 5.74) is 0.453. The average Bonchev–Trinajstić information content (AvgIpc) is 2.18. The molecule has 15 heavy (non-hydrogen) atoms. The van der Waals surface area contributed by atoms with Crippen molar-refractivity contribution in [3.63, 3.8) is 0 Å². The molecule has 0 aliphatic heterocycles. The Morgan fingerprint density at radius 1 is 1.40 bits per heavy atom. The van der Waals surface area contributed by atoms with Crippen molar-refractivity contribution in [2.75, 3.05) is 6.61 Å². The van der Waals surface area contributed by atoms with Crippen LogP contribution in [-0.4, -0.2) is 22.8 Å². The van der Waals surface area contributed by atoms with E-state index in [1.54, 1.807) is 37.3 Å². The van der Waals surface area contributed by atoms with Crippen LogP contribution in [0.3, 0.4) is 0 Å². The van der Waals surface area contributed by atoms with Gasteiger partial charge in [-0.05, 0) is 6.92 Å². The Hall–Kier alpha value is -1.39. The molecule has 1 rings (SSSR count). The minimum atomic E-state index is -1.73. The average molecular weight is 210 g/mol. The SMILES string of the molecule is CCOC(O)(CC(=O)O)c1ccccc1. The zero-order chi connectivity index (χ0) is 11.3. The van der Waals surface area contributed by atoms with Crippen molar-refractivity contribution in [3.05, 3.63) is 35.9 Å². The first-order chi connectivity index (χ1) is 7.08. The lowest BCUT2D eigenvalue weighted by Gasteiger charge is -2.26. The monoisotopic (exact) mass is 210 g/mol. The molecule has 0 aliphatic carbocycles. The van der Waals surface area contributed by atoms with Crippen LogP contribution in [0.1, 0.15) is 18.9 Å². The number of benzene rings is 1. The van der Waals surface area contributed by atoms with Crippen LogP contribution < -0.4 is 0 Å². The number of hydrogen-bond acceptors (Lipinski definition) is 3. The highest BCUT2D eigenvalue weighted by atomic mass is 16.6. The normalized spacial score (nSPS) is 14.5. The highest BCUT2D eigenvalue weighted by Crippen LogP contribution is 2.26. The molecule has 0 amide bonds. The zero-order valence-corrected chi connectivity index (χ0v) is 8.51. The molecule has 0 aliphatic rings. The number of aliphatic hydroxyl groups is 1. The van der Waals surface area contributed by atoms with Crippen molar-refractivity contribution in [3.8, 4) is 0 Å². The summed E-state index contributed by atoms with van der Waals surface area (Å²) in [7, 11) is 0. The molecule has 1 aromatic rings. The van der Waals surface area contributed by atoms with Crippen LogP contribution in [0.5, 0.6) is 0 Å². The molecule has 0 bridgehead atoms. The van der Waals surface area contributed by atoms with Gasteiger partial charge in [0.05, 0.1) is 0 Å². The van der Waals surface area contributed by atoms with Gasteiger partial charge in [0, 0.05) is 12.2 Å². The topological polar surface area (TPSA) is 66.8 Å². The summed E-state index contributed by atoms with van der Waals surface area (Å²) in [5.74, 6) is -2.84. The molecule has 4 heteroatoms. The number of rotatable bonds is 5. The smallest absolute Gasteiger partial charge is 0.309 e.